The average Bonchev–Trinajstić information content (AvgIpc) is 2.38. The monoisotopic (exact) mass is 286 g/mol. The largest absolute Gasteiger partial charge is 0.391 e. The van der Waals surface area contributed by atoms with Gasteiger partial charge in [0.05, 0.1) is 5.92 Å². The number of benzene rings is 1. The molecule has 0 heterocycles. The highest BCUT2D eigenvalue weighted by Gasteiger charge is 2.42. The first-order chi connectivity index (χ1) is 9.36. The Morgan fingerprint density at radius 1 is 1.20 bits per heavy atom. The minimum absolute atomic E-state index is 0.0900. The second-order valence-corrected chi connectivity index (χ2v) is 5.69. The van der Waals surface area contributed by atoms with Crippen LogP contribution in [0.5, 0.6) is 0 Å². The molecule has 2 atom stereocenters. The van der Waals surface area contributed by atoms with Gasteiger partial charge in [-0.2, -0.15) is 13.2 Å². The molecule has 2 unspecified atom stereocenters. The predicted molar refractivity (Wildman–Crippen MR) is 76.2 cm³/mol. The first kappa shape index (κ1) is 15.0. The summed E-state index contributed by atoms with van der Waals surface area (Å²) in [5.74, 6) is -1.16. The van der Waals surface area contributed by atoms with E-state index >= 15 is 0 Å². The summed E-state index contributed by atoms with van der Waals surface area (Å²) in [5, 5.41) is 3.25. The number of nitrogens with one attached hydrogen (secondary N) is 1. The number of rotatable bonds is 3. The van der Waals surface area contributed by atoms with E-state index in [1.54, 1.807) is 0 Å². The number of anilines is 2. The molecule has 0 aromatic heterocycles. The first-order valence-corrected chi connectivity index (χ1v) is 6.97. The van der Waals surface area contributed by atoms with Gasteiger partial charge in [0.1, 0.15) is 0 Å². The van der Waals surface area contributed by atoms with Crippen molar-refractivity contribution in [1.29, 1.82) is 0 Å². The lowest BCUT2D eigenvalue weighted by Crippen LogP contribution is -2.34. The van der Waals surface area contributed by atoms with Gasteiger partial charge >= 0.3 is 6.18 Å². The Hall–Kier alpha value is -1.39. The Balaban J connectivity index is 2.01. The molecular formula is C15H21F3N2. The quantitative estimate of drug-likeness (QED) is 0.892. The van der Waals surface area contributed by atoms with Crippen LogP contribution in [0, 0.1) is 5.92 Å². The zero-order valence-corrected chi connectivity index (χ0v) is 11.9. The smallest absolute Gasteiger partial charge is 0.382 e. The Labute approximate surface area is 118 Å². The fourth-order valence-corrected chi connectivity index (χ4v) is 2.73. The van der Waals surface area contributed by atoms with Crippen molar-refractivity contribution in [3.63, 3.8) is 0 Å². The molecule has 2 rings (SSSR count). The van der Waals surface area contributed by atoms with Gasteiger partial charge < -0.3 is 10.2 Å². The molecule has 0 aliphatic heterocycles. The summed E-state index contributed by atoms with van der Waals surface area (Å²) in [6.45, 7) is 0. The van der Waals surface area contributed by atoms with Gasteiger partial charge in [-0.15, -0.1) is 0 Å². The van der Waals surface area contributed by atoms with E-state index in [0.29, 0.717) is 6.42 Å². The summed E-state index contributed by atoms with van der Waals surface area (Å²) >= 11 is 0. The molecule has 1 aromatic rings. The van der Waals surface area contributed by atoms with E-state index in [0.717, 1.165) is 17.8 Å². The molecule has 2 nitrogen and oxygen atoms in total. The molecular weight excluding hydrogens is 265 g/mol. The standard InChI is InChI=1S/C15H21F3N2/c1-20(2)14-8-4-7-13(10-14)19-12-6-3-5-11(9-12)15(16,17)18/h4,7-8,10-12,19H,3,5-6,9H2,1-2H3. The minimum atomic E-state index is -4.06. The van der Waals surface area contributed by atoms with Crippen molar-refractivity contribution in [1.82, 2.24) is 0 Å². The van der Waals surface area contributed by atoms with Crippen LogP contribution in [0.3, 0.4) is 0 Å². The molecule has 1 aliphatic carbocycles. The molecule has 1 aromatic carbocycles. The van der Waals surface area contributed by atoms with Crippen LogP contribution >= 0.6 is 0 Å². The normalized spacial score (nSPS) is 23.4. The van der Waals surface area contributed by atoms with Crippen molar-refractivity contribution in [3.05, 3.63) is 24.3 Å². The summed E-state index contributed by atoms with van der Waals surface area (Å²) in [6, 6.07) is 7.68. The number of nitrogens with zero attached hydrogens (tertiary/aromatic N) is 1. The molecule has 5 heteroatoms. The third-order valence-corrected chi connectivity index (χ3v) is 3.87. The van der Waals surface area contributed by atoms with Crippen molar-refractivity contribution in [2.75, 3.05) is 24.3 Å². The third-order valence-electron chi connectivity index (χ3n) is 3.87. The third kappa shape index (κ3) is 3.81. The molecule has 1 saturated carbocycles. The lowest BCUT2D eigenvalue weighted by Gasteiger charge is -2.31. The van der Waals surface area contributed by atoms with Gasteiger partial charge in [-0.05, 0) is 37.5 Å². The highest BCUT2D eigenvalue weighted by atomic mass is 19.4. The number of hydrogen-bond donors (Lipinski definition) is 1. The van der Waals surface area contributed by atoms with E-state index in [-0.39, 0.29) is 18.9 Å². The van der Waals surface area contributed by atoms with Gasteiger partial charge in [0.15, 0.2) is 0 Å². The van der Waals surface area contributed by atoms with Crippen LogP contribution in [-0.4, -0.2) is 26.3 Å². The lowest BCUT2D eigenvalue weighted by molar-refractivity contribution is -0.182. The van der Waals surface area contributed by atoms with Crippen molar-refractivity contribution < 1.29 is 13.2 Å². The summed E-state index contributed by atoms with van der Waals surface area (Å²) in [6.07, 6.45) is -2.19. The molecule has 0 spiro atoms. The minimum Gasteiger partial charge on any atom is -0.382 e. The topological polar surface area (TPSA) is 15.3 Å². The molecule has 0 bridgehead atoms. The van der Waals surface area contributed by atoms with Crippen LogP contribution in [0.1, 0.15) is 25.7 Å². The molecule has 1 fully saturated rings. The van der Waals surface area contributed by atoms with E-state index in [1.807, 2.05) is 43.3 Å². The second-order valence-electron chi connectivity index (χ2n) is 5.69. The molecule has 20 heavy (non-hydrogen) atoms. The Kier molecular flexibility index (Phi) is 4.45. The maximum Gasteiger partial charge on any atom is 0.391 e. The summed E-state index contributed by atoms with van der Waals surface area (Å²) in [4.78, 5) is 1.98. The fraction of sp³-hybridized carbons (Fsp3) is 0.600. The zero-order chi connectivity index (χ0) is 14.8. The van der Waals surface area contributed by atoms with Crippen molar-refractivity contribution in [3.8, 4) is 0 Å². The van der Waals surface area contributed by atoms with E-state index in [1.165, 1.54) is 0 Å². The van der Waals surface area contributed by atoms with Gasteiger partial charge in [-0.25, -0.2) is 0 Å². The van der Waals surface area contributed by atoms with Crippen LogP contribution in [0.4, 0.5) is 24.5 Å². The Morgan fingerprint density at radius 3 is 2.60 bits per heavy atom. The summed E-state index contributed by atoms with van der Waals surface area (Å²) in [7, 11) is 3.89. The van der Waals surface area contributed by atoms with E-state index in [4.69, 9.17) is 0 Å². The van der Waals surface area contributed by atoms with E-state index in [2.05, 4.69) is 5.32 Å². The van der Waals surface area contributed by atoms with Gasteiger partial charge in [-0.1, -0.05) is 12.5 Å². The van der Waals surface area contributed by atoms with Crippen LogP contribution in [0.25, 0.3) is 0 Å². The summed E-state index contributed by atoms with van der Waals surface area (Å²) < 4.78 is 38.4. The Morgan fingerprint density at radius 2 is 1.95 bits per heavy atom. The van der Waals surface area contributed by atoms with Crippen LogP contribution in [0.15, 0.2) is 24.3 Å². The number of halogens is 3. The van der Waals surface area contributed by atoms with Crippen LogP contribution in [0.2, 0.25) is 0 Å². The molecule has 1 N–H and O–H groups in total. The maximum atomic E-state index is 12.8. The van der Waals surface area contributed by atoms with E-state index in [9.17, 15) is 13.2 Å². The maximum absolute atomic E-state index is 12.8. The van der Waals surface area contributed by atoms with Crippen molar-refractivity contribution in [2.24, 2.45) is 5.92 Å². The summed E-state index contributed by atoms with van der Waals surface area (Å²) in [5.41, 5.74) is 1.93. The Bertz CT molecular complexity index is 443. The first-order valence-electron chi connectivity index (χ1n) is 6.97. The molecule has 0 amide bonds. The molecule has 112 valence electrons. The van der Waals surface area contributed by atoms with Gasteiger partial charge in [0.25, 0.3) is 0 Å². The van der Waals surface area contributed by atoms with Crippen LogP contribution < -0.4 is 10.2 Å². The number of alkyl halides is 3. The molecule has 1 aliphatic rings. The second kappa shape index (κ2) is 5.94. The van der Waals surface area contributed by atoms with Crippen molar-refractivity contribution in [2.45, 2.75) is 37.9 Å². The van der Waals surface area contributed by atoms with Crippen LogP contribution in [-0.2, 0) is 0 Å². The zero-order valence-electron chi connectivity index (χ0n) is 11.9. The highest BCUT2D eigenvalue weighted by molar-refractivity contribution is 5.57. The predicted octanol–water partition coefficient (Wildman–Crippen LogP) is 4.29. The molecule has 0 radical (unpaired) electrons. The fourth-order valence-electron chi connectivity index (χ4n) is 2.73. The number of hydrogen-bond acceptors (Lipinski definition) is 2. The van der Waals surface area contributed by atoms with Crippen molar-refractivity contribution >= 4 is 11.4 Å². The highest BCUT2D eigenvalue weighted by Crippen LogP contribution is 2.38. The van der Waals surface area contributed by atoms with Gasteiger partial charge in [-0.3, -0.25) is 0 Å². The lowest BCUT2D eigenvalue weighted by atomic mass is 9.85. The van der Waals surface area contributed by atoms with Gasteiger partial charge in [0.2, 0.25) is 0 Å². The van der Waals surface area contributed by atoms with E-state index < -0.39 is 12.1 Å². The average molecular weight is 286 g/mol. The van der Waals surface area contributed by atoms with Gasteiger partial charge in [0, 0.05) is 31.5 Å². The molecule has 0 saturated heterocycles. The SMILES string of the molecule is CN(C)c1cccc(NC2CCCC(C(F)(F)F)C2)c1.